The largest absolute Gasteiger partial charge is 0.380 e. The number of ether oxygens (including phenoxy) is 1. The van der Waals surface area contributed by atoms with Crippen molar-refractivity contribution in [3.63, 3.8) is 0 Å². The summed E-state index contributed by atoms with van der Waals surface area (Å²) in [7, 11) is 1.66. The second kappa shape index (κ2) is 7.40. The zero-order chi connectivity index (χ0) is 14.2. The Hall–Kier alpha value is -2.21. The first-order valence-electron chi connectivity index (χ1n) is 6.44. The summed E-state index contributed by atoms with van der Waals surface area (Å²) >= 11 is 0. The van der Waals surface area contributed by atoms with Crippen LogP contribution in [-0.4, -0.2) is 27.8 Å². The van der Waals surface area contributed by atoms with E-state index >= 15 is 0 Å². The quantitative estimate of drug-likeness (QED) is 0.821. The van der Waals surface area contributed by atoms with Crippen molar-refractivity contribution >= 4 is 5.91 Å². The fraction of sp³-hybridized carbons (Fsp3) is 0.357. The van der Waals surface area contributed by atoms with E-state index in [4.69, 9.17) is 4.74 Å². The van der Waals surface area contributed by atoms with E-state index < -0.39 is 0 Å². The highest BCUT2D eigenvalue weighted by atomic mass is 16.5. The standard InChI is InChI=1S/C14H18N4O2/c1-20-9-13-5-3-2-4-12(13)8-16-14(19)6-7-18-11-15-10-17-18/h2-5,10-11H,6-9H2,1H3,(H,16,19). The van der Waals surface area contributed by atoms with E-state index in [0.29, 0.717) is 26.1 Å². The normalized spacial score (nSPS) is 10.4. The van der Waals surface area contributed by atoms with Crippen LogP contribution in [0.15, 0.2) is 36.9 Å². The summed E-state index contributed by atoms with van der Waals surface area (Å²) in [6.45, 7) is 1.59. The molecule has 0 saturated heterocycles. The van der Waals surface area contributed by atoms with Crippen molar-refractivity contribution in [2.45, 2.75) is 26.1 Å². The summed E-state index contributed by atoms with van der Waals surface area (Å²) in [5.74, 6) is -0.00674. The fourth-order valence-corrected chi connectivity index (χ4v) is 1.87. The van der Waals surface area contributed by atoms with Gasteiger partial charge in [0, 0.05) is 20.1 Å². The zero-order valence-corrected chi connectivity index (χ0v) is 11.5. The highest BCUT2D eigenvalue weighted by Gasteiger charge is 2.05. The lowest BCUT2D eigenvalue weighted by Crippen LogP contribution is -2.24. The summed E-state index contributed by atoms with van der Waals surface area (Å²) in [6, 6.07) is 7.91. The van der Waals surface area contributed by atoms with E-state index in [1.807, 2.05) is 24.3 Å². The summed E-state index contributed by atoms with van der Waals surface area (Å²) in [6.07, 6.45) is 3.44. The van der Waals surface area contributed by atoms with Crippen LogP contribution in [0.1, 0.15) is 17.5 Å². The van der Waals surface area contributed by atoms with Crippen molar-refractivity contribution in [2.24, 2.45) is 0 Å². The Kier molecular flexibility index (Phi) is 5.25. The topological polar surface area (TPSA) is 69.0 Å². The minimum atomic E-state index is -0.00674. The van der Waals surface area contributed by atoms with Gasteiger partial charge in [-0.25, -0.2) is 4.98 Å². The lowest BCUT2D eigenvalue weighted by molar-refractivity contribution is -0.121. The molecule has 0 aliphatic carbocycles. The molecule has 1 aromatic heterocycles. The van der Waals surface area contributed by atoms with Crippen LogP contribution in [0.5, 0.6) is 0 Å². The number of amides is 1. The molecule has 0 spiro atoms. The molecular weight excluding hydrogens is 256 g/mol. The summed E-state index contributed by atoms with van der Waals surface area (Å²) in [5.41, 5.74) is 2.16. The van der Waals surface area contributed by atoms with Crippen molar-refractivity contribution in [3.8, 4) is 0 Å². The molecule has 2 aromatic rings. The number of hydrogen-bond acceptors (Lipinski definition) is 4. The van der Waals surface area contributed by atoms with Crippen LogP contribution < -0.4 is 5.32 Å². The Bertz CT molecular complexity index is 540. The monoisotopic (exact) mass is 274 g/mol. The van der Waals surface area contributed by atoms with Crippen molar-refractivity contribution in [3.05, 3.63) is 48.0 Å². The molecule has 0 aliphatic rings. The van der Waals surface area contributed by atoms with E-state index in [1.54, 1.807) is 18.1 Å². The summed E-state index contributed by atoms with van der Waals surface area (Å²) in [4.78, 5) is 15.6. The van der Waals surface area contributed by atoms with Crippen LogP contribution in [-0.2, 0) is 29.2 Å². The van der Waals surface area contributed by atoms with Gasteiger partial charge >= 0.3 is 0 Å². The van der Waals surface area contributed by atoms with Gasteiger partial charge in [0.15, 0.2) is 0 Å². The van der Waals surface area contributed by atoms with Gasteiger partial charge in [-0.1, -0.05) is 24.3 Å². The van der Waals surface area contributed by atoms with E-state index in [-0.39, 0.29) is 5.91 Å². The van der Waals surface area contributed by atoms with Gasteiger partial charge in [-0.3, -0.25) is 9.48 Å². The van der Waals surface area contributed by atoms with Crippen molar-refractivity contribution < 1.29 is 9.53 Å². The van der Waals surface area contributed by atoms with E-state index in [0.717, 1.165) is 11.1 Å². The number of aromatic nitrogens is 3. The van der Waals surface area contributed by atoms with Crippen LogP contribution >= 0.6 is 0 Å². The predicted molar refractivity (Wildman–Crippen MR) is 73.6 cm³/mol. The molecule has 0 saturated carbocycles. The summed E-state index contributed by atoms with van der Waals surface area (Å²) in [5, 5.41) is 6.86. The lowest BCUT2D eigenvalue weighted by atomic mass is 10.1. The molecular formula is C14H18N4O2. The third-order valence-electron chi connectivity index (χ3n) is 2.93. The summed E-state index contributed by atoms with van der Waals surface area (Å²) < 4.78 is 6.78. The zero-order valence-electron chi connectivity index (χ0n) is 11.5. The predicted octanol–water partition coefficient (Wildman–Crippen LogP) is 1.13. The maximum Gasteiger partial charge on any atom is 0.222 e. The van der Waals surface area contributed by atoms with Gasteiger partial charge in [-0.05, 0) is 11.1 Å². The Labute approximate surface area is 117 Å². The number of nitrogens with one attached hydrogen (secondary N) is 1. The van der Waals surface area contributed by atoms with Crippen LogP contribution in [0.3, 0.4) is 0 Å². The van der Waals surface area contributed by atoms with Crippen LogP contribution in [0.25, 0.3) is 0 Å². The number of nitrogens with zero attached hydrogens (tertiary/aromatic N) is 3. The fourth-order valence-electron chi connectivity index (χ4n) is 1.87. The van der Waals surface area contributed by atoms with Crippen molar-refractivity contribution in [2.75, 3.05) is 7.11 Å². The number of hydrogen-bond donors (Lipinski definition) is 1. The third-order valence-corrected chi connectivity index (χ3v) is 2.93. The lowest BCUT2D eigenvalue weighted by Gasteiger charge is -2.10. The van der Waals surface area contributed by atoms with E-state index in [1.165, 1.54) is 6.33 Å². The molecule has 1 amide bonds. The molecule has 0 atom stereocenters. The minimum Gasteiger partial charge on any atom is -0.380 e. The molecule has 6 heteroatoms. The molecule has 20 heavy (non-hydrogen) atoms. The smallest absolute Gasteiger partial charge is 0.222 e. The second-order valence-electron chi connectivity index (χ2n) is 4.39. The van der Waals surface area contributed by atoms with Crippen LogP contribution in [0, 0.1) is 0 Å². The molecule has 1 heterocycles. The molecule has 106 valence electrons. The number of methoxy groups -OCH3 is 1. The van der Waals surface area contributed by atoms with Gasteiger partial charge in [0.05, 0.1) is 13.2 Å². The minimum absolute atomic E-state index is 0.00674. The van der Waals surface area contributed by atoms with Crippen LogP contribution in [0.4, 0.5) is 0 Å². The van der Waals surface area contributed by atoms with Gasteiger partial charge in [-0.15, -0.1) is 0 Å². The van der Waals surface area contributed by atoms with Crippen LogP contribution in [0.2, 0.25) is 0 Å². The molecule has 2 rings (SSSR count). The molecule has 0 fully saturated rings. The van der Waals surface area contributed by atoms with E-state index in [9.17, 15) is 4.79 Å². The average molecular weight is 274 g/mol. The number of rotatable bonds is 7. The van der Waals surface area contributed by atoms with Gasteiger partial charge < -0.3 is 10.1 Å². The van der Waals surface area contributed by atoms with Gasteiger partial charge in [0.1, 0.15) is 12.7 Å². The van der Waals surface area contributed by atoms with Crippen molar-refractivity contribution in [1.82, 2.24) is 20.1 Å². The van der Waals surface area contributed by atoms with Gasteiger partial charge in [0.2, 0.25) is 5.91 Å². The maximum atomic E-state index is 11.8. The Morgan fingerprint density at radius 1 is 1.35 bits per heavy atom. The Morgan fingerprint density at radius 3 is 2.85 bits per heavy atom. The molecule has 1 aromatic carbocycles. The number of carbonyl (C=O) groups is 1. The molecule has 6 nitrogen and oxygen atoms in total. The first-order valence-corrected chi connectivity index (χ1v) is 6.44. The van der Waals surface area contributed by atoms with E-state index in [2.05, 4.69) is 15.4 Å². The van der Waals surface area contributed by atoms with Gasteiger partial charge in [-0.2, -0.15) is 5.10 Å². The molecule has 0 bridgehead atoms. The van der Waals surface area contributed by atoms with Gasteiger partial charge in [0.25, 0.3) is 0 Å². The highest BCUT2D eigenvalue weighted by molar-refractivity contribution is 5.75. The Balaban J connectivity index is 1.81. The average Bonchev–Trinajstić information content (AvgIpc) is 2.98. The molecule has 0 aliphatic heterocycles. The Morgan fingerprint density at radius 2 is 2.15 bits per heavy atom. The molecule has 1 N–H and O–H groups in total. The maximum absolute atomic E-state index is 11.8. The molecule has 0 unspecified atom stereocenters. The number of benzene rings is 1. The number of carbonyl (C=O) groups excluding carboxylic acids is 1. The first kappa shape index (κ1) is 14.2. The SMILES string of the molecule is COCc1ccccc1CNC(=O)CCn1cncn1. The first-order chi connectivity index (χ1) is 9.79. The highest BCUT2D eigenvalue weighted by Crippen LogP contribution is 2.09. The second-order valence-corrected chi connectivity index (χ2v) is 4.39. The number of aryl methyl sites for hydroxylation is 1. The third kappa shape index (κ3) is 4.17. The van der Waals surface area contributed by atoms with Crippen molar-refractivity contribution in [1.29, 1.82) is 0 Å². The molecule has 0 radical (unpaired) electrons.